The summed E-state index contributed by atoms with van der Waals surface area (Å²) in [5, 5.41) is 0. The second-order valence-electron chi connectivity index (χ2n) is 2.74. The zero-order chi connectivity index (χ0) is 11.3. The number of rotatable bonds is 4. The lowest BCUT2D eigenvalue weighted by Gasteiger charge is -2.09. The number of halogens is 2. The van der Waals surface area contributed by atoms with Crippen LogP contribution in [0.4, 0.5) is 8.78 Å². The summed E-state index contributed by atoms with van der Waals surface area (Å²) in [6.45, 7) is -2.90. The Balaban J connectivity index is 2.81. The Hall–Kier alpha value is -1.65. The van der Waals surface area contributed by atoms with Crippen LogP contribution in [-0.4, -0.2) is 19.7 Å². The molecule has 0 spiro atoms. The van der Waals surface area contributed by atoms with Gasteiger partial charge in [0.25, 0.3) is 0 Å². The van der Waals surface area contributed by atoms with Gasteiger partial charge in [-0.3, -0.25) is 4.79 Å². The molecule has 0 aliphatic heterocycles. The normalized spacial score (nSPS) is 10.1. The molecule has 5 heteroatoms. The Kier molecular flexibility index (Phi) is 4.03. The van der Waals surface area contributed by atoms with Gasteiger partial charge in [0.05, 0.1) is 13.5 Å². The van der Waals surface area contributed by atoms with Crippen LogP contribution in [0.3, 0.4) is 0 Å². The molecule has 0 heterocycles. The molecule has 0 aliphatic rings. The molecule has 0 amide bonds. The SMILES string of the molecule is COC(=O)Cc1ccccc1OC(F)F. The lowest BCUT2D eigenvalue weighted by molar-refractivity contribution is -0.139. The molecule has 1 aromatic rings. The van der Waals surface area contributed by atoms with E-state index in [9.17, 15) is 13.6 Å². The molecule has 0 atom stereocenters. The van der Waals surface area contributed by atoms with E-state index >= 15 is 0 Å². The summed E-state index contributed by atoms with van der Waals surface area (Å²) in [5.74, 6) is -0.502. The first-order valence-corrected chi connectivity index (χ1v) is 4.23. The van der Waals surface area contributed by atoms with Crippen LogP contribution in [0, 0.1) is 0 Å². The molecule has 1 aromatic carbocycles. The Labute approximate surface area is 85.6 Å². The largest absolute Gasteiger partial charge is 0.469 e. The van der Waals surface area contributed by atoms with Crippen LogP contribution in [0.5, 0.6) is 5.75 Å². The van der Waals surface area contributed by atoms with E-state index in [0.717, 1.165) is 0 Å². The highest BCUT2D eigenvalue weighted by molar-refractivity contribution is 5.73. The number of hydrogen-bond acceptors (Lipinski definition) is 3. The zero-order valence-electron chi connectivity index (χ0n) is 8.07. The van der Waals surface area contributed by atoms with Crippen molar-refractivity contribution in [3.63, 3.8) is 0 Å². The van der Waals surface area contributed by atoms with E-state index in [1.54, 1.807) is 12.1 Å². The maximum atomic E-state index is 12.0. The molecule has 3 nitrogen and oxygen atoms in total. The summed E-state index contributed by atoms with van der Waals surface area (Å²) in [4.78, 5) is 11.0. The molecule has 0 unspecified atom stereocenters. The molecule has 15 heavy (non-hydrogen) atoms. The predicted octanol–water partition coefficient (Wildman–Crippen LogP) is 2.00. The monoisotopic (exact) mass is 216 g/mol. The average molecular weight is 216 g/mol. The van der Waals surface area contributed by atoms with Crippen molar-refractivity contribution in [3.05, 3.63) is 29.8 Å². The van der Waals surface area contributed by atoms with E-state index in [2.05, 4.69) is 9.47 Å². The van der Waals surface area contributed by atoms with Crippen molar-refractivity contribution in [3.8, 4) is 5.75 Å². The minimum absolute atomic E-state index is 0.00194. The van der Waals surface area contributed by atoms with Gasteiger partial charge in [0.2, 0.25) is 0 Å². The highest BCUT2D eigenvalue weighted by Gasteiger charge is 2.11. The molecule has 0 bridgehead atoms. The van der Waals surface area contributed by atoms with Crippen LogP contribution >= 0.6 is 0 Å². The standard InChI is InChI=1S/C10H10F2O3/c1-14-9(13)6-7-4-2-3-5-8(7)15-10(11)12/h2-5,10H,6H2,1H3. The number of carbonyl (C=O) groups is 1. The van der Waals surface area contributed by atoms with Gasteiger partial charge in [0, 0.05) is 5.56 Å². The van der Waals surface area contributed by atoms with Crippen molar-refractivity contribution in [2.45, 2.75) is 13.0 Å². The summed E-state index contributed by atoms with van der Waals surface area (Å²) in [7, 11) is 1.24. The molecule has 82 valence electrons. The maximum Gasteiger partial charge on any atom is 0.387 e. The topological polar surface area (TPSA) is 35.5 Å². The number of esters is 1. The zero-order valence-corrected chi connectivity index (χ0v) is 8.07. The van der Waals surface area contributed by atoms with Crippen LogP contribution in [0.1, 0.15) is 5.56 Å². The third-order valence-corrected chi connectivity index (χ3v) is 1.75. The smallest absolute Gasteiger partial charge is 0.387 e. The fraction of sp³-hybridized carbons (Fsp3) is 0.300. The third kappa shape index (κ3) is 3.53. The average Bonchev–Trinajstić information content (AvgIpc) is 2.20. The summed E-state index contributed by atoms with van der Waals surface area (Å²) in [6.07, 6.45) is -0.0839. The van der Waals surface area contributed by atoms with Gasteiger partial charge in [0.15, 0.2) is 0 Å². The third-order valence-electron chi connectivity index (χ3n) is 1.75. The maximum absolute atomic E-state index is 12.0. The van der Waals surface area contributed by atoms with E-state index in [1.165, 1.54) is 19.2 Å². The highest BCUT2D eigenvalue weighted by Crippen LogP contribution is 2.20. The second-order valence-corrected chi connectivity index (χ2v) is 2.74. The van der Waals surface area contributed by atoms with Crippen LogP contribution < -0.4 is 4.74 Å². The molecular weight excluding hydrogens is 206 g/mol. The first kappa shape index (κ1) is 11.4. The number of carbonyl (C=O) groups excluding carboxylic acids is 1. The molecule has 0 saturated carbocycles. The van der Waals surface area contributed by atoms with Gasteiger partial charge >= 0.3 is 12.6 Å². The van der Waals surface area contributed by atoms with E-state index in [4.69, 9.17) is 0 Å². The molecule has 0 saturated heterocycles. The van der Waals surface area contributed by atoms with Crippen molar-refractivity contribution in [1.82, 2.24) is 0 Å². The summed E-state index contributed by atoms with van der Waals surface area (Å²) in [6, 6.07) is 6.11. The predicted molar refractivity (Wildman–Crippen MR) is 48.8 cm³/mol. The minimum atomic E-state index is -2.90. The van der Waals surface area contributed by atoms with Gasteiger partial charge in [0.1, 0.15) is 5.75 Å². The fourth-order valence-electron chi connectivity index (χ4n) is 1.09. The highest BCUT2D eigenvalue weighted by atomic mass is 19.3. The lowest BCUT2D eigenvalue weighted by atomic mass is 10.1. The minimum Gasteiger partial charge on any atom is -0.469 e. The van der Waals surface area contributed by atoms with Gasteiger partial charge in [-0.05, 0) is 6.07 Å². The number of benzene rings is 1. The van der Waals surface area contributed by atoms with Gasteiger partial charge < -0.3 is 9.47 Å². The molecule has 0 radical (unpaired) electrons. The Morgan fingerprint density at radius 3 is 2.67 bits per heavy atom. The number of para-hydroxylation sites is 1. The molecule has 0 fully saturated rings. The van der Waals surface area contributed by atoms with Crippen LogP contribution in [0.25, 0.3) is 0 Å². The Morgan fingerprint density at radius 2 is 2.07 bits per heavy atom. The Bertz CT molecular complexity index is 339. The van der Waals surface area contributed by atoms with E-state index in [1.807, 2.05) is 0 Å². The molecule has 1 rings (SSSR count). The number of ether oxygens (including phenoxy) is 2. The van der Waals surface area contributed by atoms with E-state index < -0.39 is 12.6 Å². The number of hydrogen-bond donors (Lipinski definition) is 0. The summed E-state index contributed by atoms with van der Waals surface area (Å²) >= 11 is 0. The van der Waals surface area contributed by atoms with Crippen molar-refractivity contribution >= 4 is 5.97 Å². The van der Waals surface area contributed by atoms with Crippen LogP contribution in [0.15, 0.2) is 24.3 Å². The number of methoxy groups -OCH3 is 1. The summed E-state index contributed by atoms with van der Waals surface area (Å²) < 4.78 is 32.6. The van der Waals surface area contributed by atoms with Crippen molar-refractivity contribution < 1.29 is 23.0 Å². The second kappa shape index (κ2) is 5.29. The molecule has 0 aromatic heterocycles. The van der Waals surface area contributed by atoms with Gasteiger partial charge in [-0.1, -0.05) is 18.2 Å². The fourth-order valence-corrected chi connectivity index (χ4v) is 1.09. The molecule has 0 N–H and O–H groups in total. The van der Waals surface area contributed by atoms with Crippen molar-refractivity contribution in [2.24, 2.45) is 0 Å². The Morgan fingerprint density at radius 1 is 1.40 bits per heavy atom. The first-order valence-electron chi connectivity index (χ1n) is 4.23. The first-order chi connectivity index (χ1) is 7.13. The van der Waals surface area contributed by atoms with Gasteiger partial charge in [-0.2, -0.15) is 8.78 Å². The van der Waals surface area contributed by atoms with Crippen LogP contribution in [0.2, 0.25) is 0 Å². The van der Waals surface area contributed by atoms with Gasteiger partial charge in [-0.15, -0.1) is 0 Å². The van der Waals surface area contributed by atoms with E-state index in [-0.39, 0.29) is 12.2 Å². The molecular formula is C10H10F2O3. The van der Waals surface area contributed by atoms with Crippen LogP contribution in [-0.2, 0) is 16.0 Å². The lowest BCUT2D eigenvalue weighted by Crippen LogP contribution is -2.09. The van der Waals surface area contributed by atoms with Gasteiger partial charge in [-0.25, -0.2) is 0 Å². The number of alkyl halides is 2. The van der Waals surface area contributed by atoms with Crippen molar-refractivity contribution in [1.29, 1.82) is 0 Å². The van der Waals surface area contributed by atoms with Crippen molar-refractivity contribution in [2.75, 3.05) is 7.11 Å². The van der Waals surface area contributed by atoms with E-state index in [0.29, 0.717) is 5.56 Å². The molecule has 0 aliphatic carbocycles. The summed E-state index contributed by atoms with van der Waals surface area (Å²) in [5.41, 5.74) is 0.379. The quantitative estimate of drug-likeness (QED) is 0.722.